The third kappa shape index (κ3) is 7.33. The molecule has 0 heterocycles. The van der Waals surface area contributed by atoms with Crippen molar-refractivity contribution in [3.63, 3.8) is 0 Å². The molecule has 3 N–H and O–H groups in total. The highest BCUT2D eigenvalue weighted by Gasteiger charge is 2.33. The lowest BCUT2D eigenvalue weighted by atomic mass is 9.89. The first kappa shape index (κ1) is 22.5. The molecule has 0 radical (unpaired) electrons. The van der Waals surface area contributed by atoms with Gasteiger partial charge in [-0.25, -0.2) is 4.79 Å². The molecule has 2 amide bonds. The smallest absolute Gasteiger partial charge is 0.405 e. The highest BCUT2D eigenvalue weighted by atomic mass is 32.2. The van der Waals surface area contributed by atoms with Crippen molar-refractivity contribution in [2.75, 3.05) is 19.1 Å². The SMILES string of the molecule is CO[C@@H]1C[C@H](OCc2ccccc2)CC[C@H]1NC(=O)[C@H](CCSC)NC(=O)O. The van der Waals surface area contributed by atoms with Crippen LogP contribution in [0.4, 0.5) is 4.79 Å². The van der Waals surface area contributed by atoms with E-state index in [4.69, 9.17) is 14.6 Å². The molecule has 1 aromatic carbocycles. The average Bonchev–Trinajstić information content (AvgIpc) is 2.70. The van der Waals surface area contributed by atoms with E-state index in [9.17, 15) is 9.59 Å². The van der Waals surface area contributed by atoms with Gasteiger partial charge in [-0.3, -0.25) is 4.79 Å². The van der Waals surface area contributed by atoms with E-state index in [2.05, 4.69) is 10.6 Å². The van der Waals surface area contributed by atoms with Crippen LogP contribution in [0.2, 0.25) is 0 Å². The van der Waals surface area contributed by atoms with Crippen molar-refractivity contribution < 1.29 is 24.2 Å². The highest BCUT2D eigenvalue weighted by Crippen LogP contribution is 2.25. The Morgan fingerprint density at radius 1 is 1.29 bits per heavy atom. The summed E-state index contributed by atoms with van der Waals surface area (Å²) in [7, 11) is 1.63. The Morgan fingerprint density at radius 2 is 2.04 bits per heavy atom. The van der Waals surface area contributed by atoms with Crippen LogP contribution in [0.25, 0.3) is 0 Å². The van der Waals surface area contributed by atoms with Gasteiger partial charge < -0.3 is 25.2 Å². The number of rotatable bonds is 10. The Hall–Kier alpha value is -1.77. The molecular weight excluding hydrogens is 380 g/mol. The van der Waals surface area contributed by atoms with Gasteiger partial charge in [-0.05, 0) is 36.8 Å². The molecule has 156 valence electrons. The average molecular weight is 411 g/mol. The van der Waals surface area contributed by atoms with Crippen LogP contribution in [0.15, 0.2) is 30.3 Å². The van der Waals surface area contributed by atoms with Crippen molar-refractivity contribution in [2.24, 2.45) is 0 Å². The van der Waals surface area contributed by atoms with Gasteiger partial charge in [0.1, 0.15) is 6.04 Å². The van der Waals surface area contributed by atoms with Crippen LogP contribution in [0.5, 0.6) is 0 Å². The number of hydrogen-bond acceptors (Lipinski definition) is 5. The van der Waals surface area contributed by atoms with Crippen LogP contribution >= 0.6 is 11.8 Å². The van der Waals surface area contributed by atoms with Gasteiger partial charge in [-0.15, -0.1) is 0 Å². The van der Waals surface area contributed by atoms with Crippen LogP contribution in [0.3, 0.4) is 0 Å². The number of methoxy groups -OCH3 is 1. The predicted molar refractivity (Wildman–Crippen MR) is 110 cm³/mol. The monoisotopic (exact) mass is 410 g/mol. The van der Waals surface area contributed by atoms with Gasteiger partial charge >= 0.3 is 6.09 Å². The number of hydrogen-bond donors (Lipinski definition) is 3. The number of ether oxygens (including phenoxy) is 2. The Bertz CT molecular complexity index is 616. The number of thioether (sulfide) groups is 1. The van der Waals surface area contributed by atoms with E-state index < -0.39 is 12.1 Å². The molecule has 1 saturated carbocycles. The van der Waals surface area contributed by atoms with Crippen LogP contribution in [0.1, 0.15) is 31.2 Å². The second-order valence-corrected chi connectivity index (χ2v) is 7.89. The van der Waals surface area contributed by atoms with E-state index in [1.54, 1.807) is 18.9 Å². The maximum Gasteiger partial charge on any atom is 0.405 e. The molecular formula is C20H30N2O5S. The molecule has 4 atom stereocenters. The first-order valence-corrected chi connectivity index (χ1v) is 10.9. The molecule has 0 bridgehead atoms. The molecule has 28 heavy (non-hydrogen) atoms. The van der Waals surface area contributed by atoms with E-state index >= 15 is 0 Å². The number of carbonyl (C=O) groups excluding carboxylic acids is 1. The van der Waals surface area contributed by atoms with Gasteiger partial charge in [0.2, 0.25) is 5.91 Å². The van der Waals surface area contributed by atoms with E-state index in [1.807, 2.05) is 36.6 Å². The first-order chi connectivity index (χ1) is 13.5. The molecule has 2 rings (SSSR count). The zero-order chi connectivity index (χ0) is 20.4. The van der Waals surface area contributed by atoms with E-state index in [0.29, 0.717) is 25.2 Å². The lowest BCUT2D eigenvalue weighted by Crippen LogP contribution is -2.54. The summed E-state index contributed by atoms with van der Waals surface area (Å²) in [6, 6.07) is 9.11. The summed E-state index contributed by atoms with van der Waals surface area (Å²) in [4.78, 5) is 23.6. The highest BCUT2D eigenvalue weighted by molar-refractivity contribution is 7.98. The maximum atomic E-state index is 12.6. The Labute approximate surface area is 170 Å². The fourth-order valence-electron chi connectivity index (χ4n) is 3.39. The summed E-state index contributed by atoms with van der Waals surface area (Å²) in [5, 5.41) is 14.3. The Morgan fingerprint density at radius 3 is 2.68 bits per heavy atom. The van der Waals surface area contributed by atoms with Crippen LogP contribution < -0.4 is 10.6 Å². The quantitative estimate of drug-likeness (QED) is 0.549. The van der Waals surface area contributed by atoms with Gasteiger partial charge in [0.15, 0.2) is 0 Å². The van der Waals surface area contributed by atoms with E-state index in [0.717, 1.165) is 18.4 Å². The Kier molecular flexibility index (Phi) is 9.60. The van der Waals surface area contributed by atoms with Crippen molar-refractivity contribution in [3.8, 4) is 0 Å². The summed E-state index contributed by atoms with van der Waals surface area (Å²) >= 11 is 1.58. The summed E-state index contributed by atoms with van der Waals surface area (Å²) < 4.78 is 11.6. The second kappa shape index (κ2) is 11.9. The fraction of sp³-hybridized carbons (Fsp3) is 0.600. The van der Waals surface area contributed by atoms with E-state index in [-0.39, 0.29) is 24.2 Å². The van der Waals surface area contributed by atoms with Gasteiger partial charge in [-0.2, -0.15) is 11.8 Å². The summed E-state index contributed by atoms with van der Waals surface area (Å²) in [6.07, 6.45) is 3.33. The molecule has 1 aliphatic carbocycles. The molecule has 0 saturated heterocycles. The third-order valence-corrected chi connectivity index (χ3v) is 5.57. The number of amides is 2. The third-order valence-electron chi connectivity index (χ3n) is 4.93. The molecule has 7 nitrogen and oxygen atoms in total. The van der Waals surface area contributed by atoms with Crippen molar-refractivity contribution in [1.29, 1.82) is 0 Å². The van der Waals surface area contributed by atoms with Gasteiger partial charge in [0.25, 0.3) is 0 Å². The molecule has 1 fully saturated rings. The molecule has 1 aliphatic rings. The molecule has 8 heteroatoms. The zero-order valence-corrected chi connectivity index (χ0v) is 17.2. The van der Waals surface area contributed by atoms with Crippen LogP contribution in [-0.2, 0) is 20.9 Å². The topological polar surface area (TPSA) is 96.9 Å². The summed E-state index contributed by atoms with van der Waals surface area (Å²) in [6.45, 7) is 0.554. The van der Waals surface area contributed by atoms with Crippen molar-refractivity contribution in [2.45, 2.75) is 56.6 Å². The number of carbonyl (C=O) groups is 2. The lowest BCUT2D eigenvalue weighted by Gasteiger charge is -2.36. The van der Waals surface area contributed by atoms with Crippen molar-refractivity contribution in [1.82, 2.24) is 10.6 Å². The van der Waals surface area contributed by atoms with Crippen molar-refractivity contribution in [3.05, 3.63) is 35.9 Å². The standard InChI is InChI=1S/C20H30N2O5S/c1-26-18-12-15(27-13-14-6-4-3-5-7-14)8-9-16(18)21-19(23)17(10-11-28-2)22-20(24)25/h3-7,15-18,22H,8-13H2,1-2H3,(H,21,23)(H,24,25)/t15-,16-,17+,18-/m1/s1. The van der Waals surface area contributed by atoms with Gasteiger partial charge in [0.05, 0.1) is 24.9 Å². The minimum Gasteiger partial charge on any atom is -0.465 e. The normalized spacial score (nSPS) is 23.0. The van der Waals surface area contributed by atoms with Crippen molar-refractivity contribution >= 4 is 23.8 Å². The predicted octanol–water partition coefficient (Wildman–Crippen LogP) is 2.64. The maximum absolute atomic E-state index is 12.6. The largest absolute Gasteiger partial charge is 0.465 e. The number of carboxylic acid groups (broad SMARTS) is 1. The molecule has 1 aromatic rings. The number of nitrogens with one attached hydrogen (secondary N) is 2. The first-order valence-electron chi connectivity index (χ1n) is 9.50. The van der Waals surface area contributed by atoms with Crippen LogP contribution in [0, 0.1) is 0 Å². The zero-order valence-electron chi connectivity index (χ0n) is 16.4. The molecule has 0 aromatic heterocycles. The summed E-state index contributed by atoms with van der Waals surface area (Å²) in [5.74, 6) is 0.402. The van der Waals surface area contributed by atoms with Gasteiger partial charge in [0, 0.05) is 13.5 Å². The van der Waals surface area contributed by atoms with Crippen LogP contribution in [-0.4, -0.2) is 60.5 Å². The Balaban J connectivity index is 1.86. The minimum atomic E-state index is -1.19. The van der Waals surface area contributed by atoms with Gasteiger partial charge in [-0.1, -0.05) is 30.3 Å². The lowest BCUT2D eigenvalue weighted by molar-refractivity contribution is -0.126. The number of benzene rings is 1. The second-order valence-electron chi connectivity index (χ2n) is 6.90. The van der Waals surface area contributed by atoms with E-state index in [1.165, 1.54) is 0 Å². The molecule has 0 unspecified atom stereocenters. The minimum absolute atomic E-state index is 0.0720. The molecule has 0 spiro atoms. The fourth-order valence-corrected chi connectivity index (χ4v) is 3.87. The molecule has 0 aliphatic heterocycles. The summed E-state index contributed by atoms with van der Waals surface area (Å²) in [5.41, 5.74) is 1.13.